The Morgan fingerprint density at radius 1 is 1.33 bits per heavy atom. The fourth-order valence-corrected chi connectivity index (χ4v) is 1.95. The van der Waals surface area contributed by atoms with Crippen LogP contribution in [0.5, 0.6) is 0 Å². The molecule has 1 aromatic carbocycles. The first-order valence-corrected chi connectivity index (χ1v) is 5.59. The van der Waals surface area contributed by atoms with Gasteiger partial charge in [-0.1, -0.05) is 23.9 Å². The SMILES string of the molecule is Cc1nc(SCc2ccc(N)cc2)n[nH]1. The summed E-state index contributed by atoms with van der Waals surface area (Å²) in [5.74, 6) is 1.70. The van der Waals surface area contributed by atoms with Gasteiger partial charge < -0.3 is 5.73 Å². The molecule has 3 N–H and O–H groups in total. The van der Waals surface area contributed by atoms with E-state index in [-0.39, 0.29) is 0 Å². The molecule has 0 amide bonds. The lowest BCUT2D eigenvalue weighted by molar-refractivity contribution is 0.969. The number of hydrogen-bond acceptors (Lipinski definition) is 4. The van der Waals surface area contributed by atoms with E-state index in [2.05, 4.69) is 15.2 Å². The highest BCUT2D eigenvalue weighted by molar-refractivity contribution is 7.98. The van der Waals surface area contributed by atoms with Crippen molar-refractivity contribution in [2.24, 2.45) is 0 Å². The van der Waals surface area contributed by atoms with Crippen LogP contribution in [0, 0.1) is 6.92 Å². The van der Waals surface area contributed by atoms with Gasteiger partial charge in [-0.25, -0.2) is 4.98 Å². The minimum atomic E-state index is 0.782. The lowest BCUT2D eigenvalue weighted by Gasteiger charge is -1.98. The average Bonchev–Trinajstić information content (AvgIpc) is 2.64. The molecule has 15 heavy (non-hydrogen) atoms. The third-order valence-corrected chi connectivity index (χ3v) is 2.84. The van der Waals surface area contributed by atoms with Gasteiger partial charge in [0.05, 0.1) is 0 Å². The van der Waals surface area contributed by atoms with Crippen LogP contribution in [0.1, 0.15) is 11.4 Å². The maximum atomic E-state index is 5.60. The van der Waals surface area contributed by atoms with Gasteiger partial charge >= 0.3 is 0 Å². The van der Waals surface area contributed by atoms with Gasteiger partial charge in [-0.3, -0.25) is 5.10 Å². The largest absolute Gasteiger partial charge is 0.399 e. The van der Waals surface area contributed by atoms with Gasteiger partial charge in [0.15, 0.2) is 0 Å². The number of aromatic nitrogens is 3. The van der Waals surface area contributed by atoms with Gasteiger partial charge in [0, 0.05) is 11.4 Å². The molecular weight excluding hydrogens is 208 g/mol. The number of nitrogen functional groups attached to an aromatic ring is 1. The zero-order valence-corrected chi connectivity index (χ0v) is 9.21. The van der Waals surface area contributed by atoms with Gasteiger partial charge in [0.25, 0.3) is 0 Å². The minimum Gasteiger partial charge on any atom is -0.399 e. The van der Waals surface area contributed by atoms with Gasteiger partial charge in [-0.15, -0.1) is 5.10 Å². The van der Waals surface area contributed by atoms with E-state index in [1.807, 2.05) is 31.2 Å². The first-order chi connectivity index (χ1) is 7.24. The summed E-state index contributed by atoms with van der Waals surface area (Å²) in [5, 5.41) is 7.64. The molecule has 0 aliphatic heterocycles. The van der Waals surface area contributed by atoms with Crippen molar-refractivity contribution in [1.82, 2.24) is 15.2 Å². The Kier molecular flexibility index (Phi) is 2.91. The van der Waals surface area contributed by atoms with Crippen LogP contribution in [0.2, 0.25) is 0 Å². The van der Waals surface area contributed by atoms with Crippen molar-refractivity contribution in [1.29, 1.82) is 0 Å². The van der Waals surface area contributed by atoms with Gasteiger partial charge in [-0.05, 0) is 24.6 Å². The number of nitrogens with one attached hydrogen (secondary N) is 1. The summed E-state index contributed by atoms with van der Waals surface area (Å²) in [7, 11) is 0. The van der Waals surface area contributed by atoms with Crippen molar-refractivity contribution >= 4 is 17.4 Å². The van der Waals surface area contributed by atoms with E-state index in [0.717, 1.165) is 22.4 Å². The molecule has 0 fully saturated rings. The van der Waals surface area contributed by atoms with Gasteiger partial charge in [0.1, 0.15) is 5.82 Å². The number of benzene rings is 1. The predicted molar refractivity (Wildman–Crippen MR) is 61.5 cm³/mol. The summed E-state index contributed by atoms with van der Waals surface area (Å²) in [6.07, 6.45) is 0. The van der Waals surface area contributed by atoms with Crippen molar-refractivity contribution in [2.45, 2.75) is 17.8 Å². The van der Waals surface area contributed by atoms with E-state index in [9.17, 15) is 0 Å². The first kappa shape index (κ1) is 10.0. The van der Waals surface area contributed by atoms with E-state index >= 15 is 0 Å². The summed E-state index contributed by atoms with van der Waals surface area (Å²) in [6, 6.07) is 7.84. The van der Waals surface area contributed by atoms with Crippen LogP contribution in [-0.4, -0.2) is 15.2 Å². The third-order valence-electron chi connectivity index (χ3n) is 1.92. The normalized spacial score (nSPS) is 10.5. The Morgan fingerprint density at radius 2 is 2.07 bits per heavy atom. The number of anilines is 1. The summed E-state index contributed by atoms with van der Waals surface area (Å²) in [5.41, 5.74) is 7.61. The van der Waals surface area contributed by atoms with E-state index in [1.54, 1.807) is 11.8 Å². The zero-order valence-electron chi connectivity index (χ0n) is 8.40. The van der Waals surface area contributed by atoms with E-state index in [0.29, 0.717) is 0 Å². The van der Waals surface area contributed by atoms with Crippen LogP contribution in [-0.2, 0) is 5.75 Å². The van der Waals surface area contributed by atoms with Crippen LogP contribution in [0.25, 0.3) is 0 Å². The fraction of sp³-hybridized carbons (Fsp3) is 0.200. The highest BCUT2D eigenvalue weighted by Gasteiger charge is 2.00. The highest BCUT2D eigenvalue weighted by atomic mass is 32.2. The molecule has 1 heterocycles. The molecule has 78 valence electrons. The molecule has 2 aromatic rings. The topological polar surface area (TPSA) is 67.6 Å². The molecule has 0 radical (unpaired) electrons. The standard InChI is InChI=1S/C10H12N4S/c1-7-12-10(14-13-7)15-6-8-2-4-9(11)5-3-8/h2-5H,6,11H2,1H3,(H,12,13,14). The van der Waals surface area contributed by atoms with Crippen LogP contribution >= 0.6 is 11.8 Å². The van der Waals surface area contributed by atoms with Crippen LogP contribution in [0.4, 0.5) is 5.69 Å². The van der Waals surface area contributed by atoms with Crippen molar-refractivity contribution in [2.75, 3.05) is 5.73 Å². The Morgan fingerprint density at radius 3 is 2.67 bits per heavy atom. The molecule has 0 unspecified atom stereocenters. The van der Waals surface area contributed by atoms with Gasteiger partial charge in [0.2, 0.25) is 5.16 Å². The number of rotatable bonds is 3. The predicted octanol–water partition coefficient (Wildman–Crippen LogP) is 1.99. The maximum Gasteiger partial charge on any atom is 0.208 e. The molecule has 4 nitrogen and oxygen atoms in total. The summed E-state index contributed by atoms with van der Waals surface area (Å²) in [6.45, 7) is 1.89. The number of hydrogen-bond donors (Lipinski definition) is 2. The maximum absolute atomic E-state index is 5.60. The van der Waals surface area contributed by atoms with E-state index < -0.39 is 0 Å². The van der Waals surface area contributed by atoms with Gasteiger partial charge in [-0.2, -0.15) is 0 Å². The van der Waals surface area contributed by atoms with Crippen LogP contribution in [0.15, 0.2) is 29.4 Å². The van der Waals surface area contributed by atoms with Crippen molar-refractivity contribution in [3.05, 3.63) is 35.7 Å². The van der Waals surface area contributed by atoms with Crippen molar-refractivity contribution in [3.63, 3.8) is 0 Å². The second kappa shape index (κ2) is 4.35. The molecule has 5 heteroatoms. The molecule has 0 aliphatic carbocycles. The van der Waals surface area contributed by atoms with E-state index in [4.69, 9.17) is 5.73 Å². The van der Waals surface area contributed by atoms with Crippen molar-refractivity contribution in [3.8, 4) is 0 Å². The number of nitrogens with zero attached hydrogens (tertiary/aromatic N) is 2. The lowest BCUT2D eigenvalue weighted by Crippen LogP contribution is -1.86. The Balaban J connectivity index is 1.96. The minimum absolute atomic E-state index is 0.782. The Labute approximate surface area is 92.3 Å². The average molecular weight is 220 g/mol. The molecule has 0 saturated carbocycles. The molecule has 0 saturated heterocycles. The fourth-order valence-electron chi connectivity index (χ4n) is 1.15. The molecule has 1 aromatic heterocycles. The monoisotopic (exact) mass is 220 g/mol. The molecule has 0 spiro atoms. The second-order valence-electron chi connectivity index (χ2n) is 3.23. The molecule has 0 aliphatic rings. The smallest absolute Gasteiger partial charge is 0.208 e. The molecular formula is C10H12N4S. The summed E-state index contributed by atoms with van der Waals surface area (Å²) in [4.78, 5) is 4.21. The molecule has 2 rings (SSSR count). The second-order valence-corrected chi connectivity index (χ2v) is 4.18. The number of aromatic amines is 1. The Hall–Kier alpha value is -1.49. The zero-order chi connectivity index (χ0) is 10.7. The lowest BCUT2D eigenvalue weighted by atomic mass is 10.2. The first-order valence-electron chi connectivity index (χ1n) is 4.60. The molecule has 0 atom stereocenters. The number of H-pyrrole nitrogens is 1. The molecule has 0 bridgehead atoms. The number of aryl methyl sites for hydroxylation is 1. The highest BCUT2D eigenvalue weighted by Crippen LogP contribution is 2.19. The summed E-state index contributed by atoms with van der Waals surface area (Å²) < 4.78 is 0. The number of thioether (sulfide) groups is 1. The Bertz CT molecular complexity index is 435. The summed E-state index contributed by atoms with van der Waals surface area (Å²) >= 11 is 1.61. The number of nitrogens with two attached hydrogens (primary N) is 1. The van der Waals surface area contributed by atoms with E-state index in [1.165, 1.54) is 5.56 Å². The third kappa shape index (κ3) is 2.73. The van der Waals surface area contributed by atoms with Crippen LogP contribution in [0.3, 0.4) is 0 Å². The van der Waals surface area contributed by atoms with Crippen molar-refractivity contribution < 1.29 is 0 Å². The quantitative estimate of drug-likeness (QED) is 0.613. The van der Waals surface area contributed by atoms with Crippen LogP contribution < -0.4 is 5.73 Å².